The molecule has 4 nitrogen and oxygen atoms in total. The van der Waals surface area contributed by atoms with E-state index in [0.29, 0.717) is 29.6 Å². The number of rotatable bonds is 2. The van der Waals surface area contributed by atoms with Crippen LogP contribution in [0.15, 0.2) is 54.2 Å². The Hall–Kier alpha value is -2.77. The summed E-state index contributed by atoms with van der Waals surface area (Å²) in [6.45, 7) is 5.61. The number of piperidine rings is 1. The third-order valence-corrected chi connectivity index (χ3v) is 5.11. The SMILES string of the molecule is COc1ccc(C#C/C=C2\CCN(C(=O)c3cccc(Cl)c3)CC2(C)C)cn1. The molecule has 2 aromatic rings. The molecule has 1 aromatic carbocycles. The summed E-state index contributed by atoms with van der Waals surface area (Å²) in [5, 5.41) is 0.575. The molecule has 1 fully saturated rings. The molecule has 0 saturated carbocycles. The summed E-state index contributed by atoms with van der Waals surface area (Å²) in [5.74, 6) is 6.83. The van der Waals surface area contributed by atoms with Crippen LogP contribution in [-0.2, 0) is 0 Å². The molecule has 3 rings (SSSR count). The summed E-state index contributed by atoms with van der Waals surface area (Å²) in [4.78, 5) is 18.8. The van der Waals surface area contributed by atoms with Crippen LogP contribution >= 0.6 is 11.6 Å². The number of allylic oxidation sites excluding steroid dienone is 1. The van der Waals surface area contributed by atoms with Gasteiger partial charge in [-0.3, -0.25) is 4.79 Å². The maximum Gasteiger partial charge on any atom is 0.253 e. The molecule has 1 aliphatic rings. The number of halogens is 1. The number of hydrogen-bond acceptors (Lipinski definition) is 3. The molecule has 1 aliphatic heterocycles. The second kappa shape index (κ2) is 8.50. The lowest BCUT2D eigenvalue weighted by atomic mass is 9.78. The highest BCUT2D eigenvalue weighted by Gasteiger charge is 2.33. The number of carbonyl (C=O) groups excluding carboxylic acids is 1. The monoisotopic (exact) mass is 394 g/mol. The van der Waals surface area contributed by atoms with Gasteiger partial charge in [0.05, 0.1) is 7.11 Å². The number of pyridine rings is 1. The second-order valence-corrected chi connectivity index (χ2v) is 7.84. The summed E-state index contributed by atoms with van der Waals surface area (Å²) in [6.07, 6.45) is 4.47. The van der Waals surface area contributed by atoms with Gasteiger partial charge in [0.25, 0.3) is 5.91 Å². The Labute approximate surface area is 171 Å². The predicted molar refractivity (Wildman–Crippen MR) is 112 cm³/mol. The number of hydrogen-bond donors (Lipinski definition) is 0. The van der Waals surface area contributed by atoms with Crippen molar-refractivity contribution in [2.45, 2.75) is 20.3 Å². The van der Waals surface area contributed by atoms with E-state index in [1.807, 2.05) is 17.0 Å². The first kappa shape index (κ1) is 20.0. The molecule has 0 atom stereocenters. The first-order valence-electron chi connectivity index (χ1n) is 9.15. The second-order valence-electron chi connectivity index (χ2n) is 7.40. The summed E-state index contributed by atoms with van der Waals surface area (Å²) in [5.41, 5.74) is 2.57. The molecule has 0 spiro atoms. The lowest BCUT2D eigenvalue weighted by Gasteiger charge is -2.40. The van der Waals surface area contributed by atoms with Gasteiger partial charge in [0.2, 0.25) is 5.88 Å². The van der Waals surface area contributed by atoms with Crippen molar-refractivity contribution in [3.63, 3.8) is 0 Å². The fourth-order valence-electron chi connectivity index (χ4n) is 3.28. The van der Waals surface area contributed by atoms with E-state index < -0.39 is 0 Å². The van der Waals surface area contributed by atoms with Crippen molar-refractivity contribution in [3.05, 3.63) is 70.4 Å². The number of amides is 1. The van der Waals surface area contributed by atoms with Gasteiger partial charge in [-0.15, -0.1) is 0 Å². The van der Waals surface area contributed by atoms with Crippen molar-refractivity contribution < 1.29 is 9.53 Å². The Morgan fingerprint density at radius 2 is 2.14 bits per heavy atom. The van der Waals surface area contributed by atoms with Gasteiger partial charge in [-0.25, -0.2) is 4.98 Å². The number of likely N-dealkylation sites (tertiary alicyclic amines) is 1. The van der Waals surface area contributed by atoms with Gasteiger partial charge in [-0.1, -0.05) is 48.9 Å². The number of benzene rings is 1. The third kappa shape index (κ3) is 4.74. The van der Waals surface area contributed by atoms with Gasteiger partial charge in [0.1, 0.15) is 0 Å². The number of carbonyl (C=O) groups is 1. The van der Waals surface area contributed by atoms with Crippen molar-refractivity contribution in [3.8, 4) is 17.7 Å². The molecule has 144 valence electrons. The van der Waals surface area contributed by atoms with Gasteiger partial charge in [0.15, 0.2) is 0 Å². The van der Waals surface area contributed by atoms with E-state index in [9.17, 15) is 4.79 Å². The third-order valence-electron chi connectivity index (χ3n) is 4.87. The van der Waals surface area contributed by atoms with Gasteiger partial charge in [-0.2, -0.15) is 0 Å². The number of methoxy groups -OCH3 is 1. The van der Waals surface area contributed by atoms with Crippen LogP contribution in [0.3, 0.4) is 0 Å². The quantitative estimate of drug-likeness (QED) is 0.699. The highest BCUT2D eigenvalue weighted by atomic mass is 35.5. The average Bonchev–Trinajstić information content (AvgIpc) is 2.68. The van der Waals surface area contributed by atoms with Crippen LogP contribution in [0.5, 0.6) is 5.88 Å². The minimum absolute atomic E-state index is 0.0185. The van der Waals surface area contributed by atoms with Crippen LogP contribution in [0.4, 0.5) is 0 Å². The first-order chi connectivity index (χ1) is 13.4. The van der Waals surface area contributed by atoms with Crippen LogP contribution < -0.4 is 4.74 Å². The largest absolute Gasteiger partial charge is 0.481 e. The highest BCUT2D eigenvalue weighted by Crippen LogP contribution is 2.34. The van der Waals surface area contributed by atoms with Crippen LogP contribution in [0.25, 0.3) is 0 Å². The minimum atomic E-state index is -0.140. The van der Waals surface area contributed by atoms with E-state index in [1.165, 1.54) is 5.57 Å². The Kier molecular flexibility index (Phi) is 6.06. The fourth-order valence-corrected chi connectivity index (χ4v) is 3.47. The zero-order valence-corrected chi connectivity index (χ0v) is 17.1. The number of nitrogens with zero attached hydrogens (tertiary/aromatic N) is 2. The van der Waals surface area contributed by atoms with E-state index in [-0.39, 0.29) is 11.3 Å². The maximum atomic E-state index is 12.8. The summed E-state index contributed by atoms with van der Waals surface area (Å²) < 4.78 is 5.05. The molecule has 1 saturated heterocycles. The van der Waals surface area contributed by atoms with E-state index in [4.69, 9.17) is 16.3 Å². The molecule has 0 N–H and O–H groups in total. The topological polar surface area (TPSA) is 42.4 Å². The lowest BCUT2D eigenvalue weighted by Crippen LogP contribution is -2.44. The Balaban J connectivity index is 1.70. The smallest absolute Gasteiger partial charge is 0.253 e. The molecule has 1 aromatic heterocycles. The zero-order chi connectivity index (χ0) is 20.1. The standard InChI is InChI=1S/C23H23ClN2O2/c1-23(2)16-26(22(27)18-7-5-9-20(24)14-18)13-12-19(23)8-4-6-17-10-11-21(28-3)25-15-17/h5,7-11,14-15H,12-13,16H2,1-3H3/b19-8+. The van der Waals surface area contributed by atoms with Gasteiger partial charge in [0, 0.05) is 46.9 Å². The van der Waals surface area contributed by atoms with Crippen LogP contribution in [0.2, 0.25) is 5.02 Å². The Morgan fingerprint density at radius 3 is 2.79 bits per heavy atom. The molecule has 0 bridgehead atoms. The van der Waals surface area contributed by atoms with Gasteiger partial charge < -0.3 is 9.64 Å². The van der Waals surface area contributed by atoms with Crippen molar-refractivity contribution in [1.82, 2.24) is 9.88 Å². The number of ether oxygens (including phenoxy) is 1. The van der Waals surface area contributed by atoms with Gasteiger partial charge in [-0.05, 0) is 36.8 Å². The summed E-state index contributed by atoms with van der Waals surface area (Å²) in [7, 11) is 1.59. The van der Waals surface area contributed by atoms with Crippen molar-refractivity contribution >= 4 is 17.5 Å². The van der Waals surface area contributed by atoms with Crippen LogP contribution in [0.1, 0.15) is 36.2 Å². The molecular weight excluding hydrogens is 372 g/mol. The average molecular weight is 395 g/mol. The normalized spacial score (nSPS) is 17.0. The van der Waals surface area contributed by atoms with Crippen molar-refractivity contribution in [2.75, 3.05) is 20.2 Å². The minimum Gasteiger partial charge on any atom is -0.481 e. The first-order valence-corrected chi connectivity index (χ1v) is 9.53. The van der Waals surface area contributed by atoms with Crippen LogP contribution in [0, 0.1) is 17.3 Å². The Bertz CT molecular complexity index is 953. The van der Waals surface area contributed by atoms with E-state index in [2.05, 4.69) is 30.7 Å². The molecule has 0 aliphatic carbocycles. The van der Waals surface area contributed by atoms with Crippen molar-refractivity contribution in [2.24, 2.45) is 5.41 Å². The molecule has 0 radical (unpaired) electrons. The van der Waals surface area contributed by atoms with E-state index >= 15 is 0 Å². The van der Waals surface area contributed by atoms with Crippen LogP contribution in [-0.4, -0.2) is 36.0 Å². The fraction of sp³-hybridized carbons (Fsp3) is 0.304. The predicted octanol–water partition coefficient (Wildman–Crippen LogP) is 4.59. The van der Waals surface area contributed by atoms with Gasteiger partial charge >= 0.3 is 0 Å². The summed E-state index contributed by atoms with van der Waals surface area (Å²) in [6, 6.07) is 10.8. The molecular formula is C23H23ClN2O2. The molecule has 28 heavy (non-hydrogen) atoms. The Morgan fingerprint density at radius 1 is 1.32 bits per heavy atom. The molecule has 0 unspecified atom stereocenters. The molecule has 5 heteroatoms. The van der Waals surface area contributed by atoms with Crippen molar-refractivity contribution in [1.29, 1.82) is 0 Å². The number of aromatic nitrogens is 1. The van der Waals surface area contributed by atoms with E-state index in [0.717, 1.165) is 12.0 Å². The maximum absolute atomic E-state index is 12.8. The van der Waals surface area contributed by atoms with E-state index in [1.54, 1.807) is 43.6 Å². The molecule has 2 heterocycles. The highest BCUT2D eigenvalue weighted by molar-refractivity contribution is 6.30. The summed E-state index contributed by atoms with van der Waals surface area (Å²) >= 11 is 6.03. The molecule has 1 amide bonds. The zero-order valence-electron chi connectivity index (χ0n) is 16.3. The lowest BCUT2D eigenvalue weighted by molar-refractivity contribution is 0.0663.